The molecule has 1 saturated heterocycles. The molecule has 2 atom stereocenters. The van der Waals surface area contributed by atoms with Crippen molar-refractivity contribution in [2.45, 2.75) is 38.8 Å². The summed E-state index contributed by atoms with van der Waals surface area (Å²) in [5.74, 6) is -0.0714. The van der Waals surface area contributed by atoms with Crippen LogP contribution in [0.1, 0.15) is 32.3 Å². The van der Waals surface area contributed by atoms with Crippen LogP contribution in [0.2, 0.25) is 0 Å². The Morgan fingerprint density at radius 2 is 2.00 bits per heavy atom. The van der Waals surface area contributed by atoms with E-state index in [2.05, 4.69) is 5.32 Å². The molecule has 8 heteroatoms. The Morgan fingerprint density at radius 1 is 1.28 bits per heavy atom. The molecular formula is C21H28N2O6. The predicted molar refractivity (Wildman–Crippen MR) is 108 cm³/mol. The van der Waals surface area contributed by atoms with Crippen LogP contribution in [0.25, 0.3) is 6.08 Å². The fourth-order valence-electron chi connectivity index (χ4n) is 2.91. The molecule has 0 saturated carbocycles. The van der Waals surface area contributed by atoms with Crippen LogP contribution in [0.5, 0.6) is 11.5 Å². The average Bonchev–Trinajstić information content (AvgIpc) is 2.72. The van der Waals surface area contributed by atoms with Gasteiger partial charge in [0.25, 0.3) is 0 Å². The molecule has 0 aromatic heterocycles. The number of ether oxygens (including phenoxy) is 3. The van der Waals surface area contributed by atoms with Crippen LogP contribution in [0.3, 0.4) is 0 Å². The van der Waals surface area contributed by atoms with Gasteiger partial charge in [-0.3, -0.25) is 14.4 Å². The van der Waals surface area contributed by atoms with Gasteiger partial charge in [0.1, 0.15) is 6.04 Å². The zero-order valence-electron chi connectivity index (χ0n) is 17.3. The number of esters is 1. The highest BCUT2D eigenvalue weighted by molar-refractivity contribution is 5.97. The van der Waals surface area contributed by atoms with Gasteiger partial charge >= 0.3 is 5.97 Å². The molecule has 158 valence electrons. The van der Waals surface area contributed by atoms with Gasteiger partial charge in [-0.05, 0) is 37.1 Å². The summed E-state index contributed by atoms with van der Waals surface area (Å²) in [5.41, 5.74) is 0.741. The summed E-state index contributed by atoms with van der Waals surface area (Å²) in [6.45, 7) is 4.35. The predicted octanol–water partition coefficient (Wildman–Crippen LogP) is 1.78. The minimum Gasteiger partial charge on any atom is -0.493 e. The van der Waals surface area contributed by atoms with Gasteiger partial charge in [0.05, 0.1) is 26.7 Å². The van der Waals surface area contributed by atoms with Crippen molar-refractivity contribution >= 4 is 23.9 Å². The van der Waals surface area contributed by atoms with E-state index >= 15 is 0 Å². The smallest absolute Gasteiger partial charge is 0.308 e. The third-order valence-electron chi connectivity index (χ3n) is 4.71. The van der Waals surface area contributed by atoms with E-state index in [4.69, 9.17) is 14.2 Å². The molecule has 1 aliphatic rings. The van der Waals surface area contributed by atoms with Crippen LogP contribution in [-0.4, -0.2) is 62.1 Å². The second-order valence-electron chi connectivity index (χ2n) is 6.70. The lowest BCUT2D eigenvalue weighted by molar-refractivity contribution is -0.154. The molecule has 0 bridgehead atoms. The van der Waals surface area contributed by atoms with Crippen LogP contribution in [-0.2, 0) is 19.1 Å². The first-order valence-electron chi connectivity index (χ1n) is 9.57. The lowest BCUT2D eigenvalue weighted by Crippen LogP contribution is -2.57. The molecule has 0 spiro atoms. The van der Waals surface area contributed by atoms with Gasteiger partial charge < -0.3 is 24.4 Å². The molecule has 29 heavy (non-hydrogen) atoms. The monoisotopic (exact) mass is 404 g/mol. The summed E-state index contributed by atoms with van der Waals surface area (Å²) in [6, 6.07) is 4.38. The van der Waals surface area contributed by atoms with Gasteiger partial charge in [0.2, 0.25) is 11.8 Å². The topological polar surface area (TPSA) is 94.2 Å². The second kappa shape index (κ2) is 10.5. The van der Waals surface area contributed by atoms with Crippen LogP contribution in [0, 0.1) is 0 Å². The summed E-state index contributed by atoms with van der Waals surface area (Å²) >= 11 is 0. The third-order valence-corrected chi connectivity index (χ3v) is 4.71. The zero-order chi connectivity index (χ0) is 21.4. The number of amides is 2. The number of methoxy groups -OCH3 is 2. The summed E-state index contributed by atoms with van der Waals surface area (Å²) in [7, 11) is 3.08. The summed E-state index contributed by atoms with van der Waals surface area (Å²) in [5, 5.41) is 2.70. The highest BCUT2D eigenvalue weighted by atomic mass is 16.5. The van der Waals surface area contributed by atoms with Crippen molar-refractivity contribution in [3.63, 3.8) is 0 Å². The van der Waals surface area contributed by atoms with E-state index in [0.717, 1.165) is 5.56 Å². The molecule has 1 fully saturated rings. The SMILES string of the molecule is CCC(C)OC(=O)CC1C(=O)NCCN1C(=O)/C=C/c1ccc(OC)c(OC)c1. The van der Waals surface area contributed by atoms with Crippen LogP contribution >= 0.6 is 0 Å². The molecule has 2 unspecified atom stereocenters. The van der Waals surface area contributed by atoms with Crippen molar-refractivity contribution in [3.8, 4) is 11.5 Å². The van der Waals surface area contributed by atoms with Gasteiger partial charge in [-0.1, -0.05) is 13.0 Å². The maximum Gasteiger partial charge on any atom is 0.308 e. The van der Waals surface area contributed by atoms with E-state index in [0.29, 0.717) is 31.0 Å². The van der Waals surface area contributed by atoms with Gasteiger partial charge in [0.15, 0.2) is 11.5 Å². The Balaban J connectivity index is 2.11. The number of piperazine rings is 1. The molecule has 0 aliphatic carbocycles. The van der Waals surface area contributed by atoms with Crippen molar-refractivity contribution in [1.29, 1.82) is 0 Å². The number of carbonyl (C=O) groups excluding carboxylic acids is 3. The quantitative estimate of drug-likeness (QED) is 0.524. The van der Waals surface area contributed by atoms with Gasteiger partial charge in [-0.25, -0.2) is 0 Å². The fraction of sp³-hybridized carbons (Fsp3) is 0.476. The first-order valence-corrected chi connectivity index (χ1v) is 9.57. The second-order valence-corrected chi connectivity index (χ2v) is 6.70. The molecule has 8 nitrogen and oxygen atoms in total. The normalized spacial score (nSPS) is 17.6. The van der Waals surface area contributed by atoms with Gasteiger partial charge in [-0.2, -0.15) is 0 Å². The van der Waals surface area contributed by atoms with Crippen molar-refractivity contribution in [2.75, 3.05) is 27.3 Å². The number of benzene rings is 1. The van der Waals surface area contributed by atoms with Crippen molar-refractivity contribution in [3.05, 3.63) is 29.8 Å². The standard InChI is InChI=1S/C21H28N2O6/c1-5-14(2)29-20(25)13-16-21(26)22-10-11-23(16)19(24)9-7-15-6-8-17(27-3)18(12-15)28-4/h6-9,12,14,16H,5,10-11,13H2,1-4H3,(H,22,26)/b9-7+. The molecule has 1 N–H and O–H groups in total. The minimum atomic E-state index is -0.886. The molecule has 2 rings (SSSR count). The summed E-state index contributed by atoms with van der Waals surface area (Å²) in [6.07, 6.45) is 3.28. The zero-order valence-corrected chi connectivity index (χ0v) is 17.3. The Morgan fingerprint density at radius 3 is 2.66 bits per heavy atom. The number of hydrogen-bond donors (Lipinski definition) is 1. The Hall–Kier alpha value is -3.03. The van der Waals surface area contributed by atoms with Crippen molar-refractivity contribution < 1.29 is 28.6 Å². The summed E-state index contributed by atoms with van der Waals surface area (Å²) in [4.78, 5) is 38.5. The van der Waals surface area contributed by atoms with Crippen molar-refractivity contribution in [2.24, 2.45) is 0 Å². The first-order chi connectivity index (χ1) is 13.9. The van der Waals surface area contributed by atoms with E-state index in [1.807, 2.05) is 6.92 Å². The van der Waals surface area contributed by atoms with E-state index < -0.39 is 12.0 Å². The largest absolute Gasteiger partial charge is 0.493 e. The van der Waals surface area contributed by atoms with Crippen LogP contribution in [0.4, 0.5) is 0 Å². The van der Waals surface area contributed by atoms with Gasteiger partial charge in [0, 0.05) is 19.2 Å². The molecule has 1 heterocycles. The Bertz CT molecular complexity index is 776. The molecule has 0 radical (unpaired) electrons. The van der Waals surface area contributed by atoms with E-state index in [1.54, 1.807) is 38.3 Å². The van der Waals surface area contributed by atoms with E-state index in [9.17, 15) is 14.4 Å². The number of carbonyl (C=O) groups is 3. The highest BCUT2D eigenvalue weighted by Gasteiger charge is 2.34. The lowest BCUT2D eigenvalue weighted by atomic mass is 10.1. The molecule has 2 amide bonds. The number of rotatable bonds is 8. The van der Waals surface area contributed by atoms with Crippen LogP contribution < -0.4 is 14.8 Å². The summed E-state index contributed by atoms with van der Waals surface area (Å²) < 4.78 is 15.7. The maximum absolute atomic E-state index is 12.7. The average molecular weight is 404 g/mol. The number of nitrogens with one attached hydrogen (secondary N) is 1. The lowest BCUT2D eigenvalue weighted by Gasteiger charge is -2.34. The van der Waals surface area contributed by atoms with E-state index in [1.165, 1.54) is 18.1 Å². The van der Waals surface area contributed by atoms with Crippen LogP contribution in [0.15, 0.2) is 24.3 Å². The van der Waals surface area contributed by atoms with Crippen molar-refractivity contribution in [1.82, 2.24) is 10.2 Å². The molecular weight excluding hydrogens is 376 g/mol. The Kier molecular flexibility index (Phi) is 8.06. The third kappa shape index (κ3) is 5.97. The van der Waals surface area contributed by atoms with Gasteiger partial charge in [-0.15, -0.1) is 0 Å². The number of nitrogens with zero attached hydrogens (tertiary/aromatic N) is 1. The minimum absolute atomic E-state index is 0.174. The molecule has 1 aliphatic heterocycles. The fourth-order valence-corrected chi connectivity index (χ4v) is 2.91. The number of hydrogen-bond acceptors (Lipinski definition) is 6. The molecule has 1 aromatic carbocycles. The maximum atomic E-state index is 12.7. The molecule has 1 aromatic rings. The first kappa shape index (κ1) is 22.3. The van der Waals surface area contributed by atoms with E-state index in [-0.39, 0.29) is 24.3 Å². The Labute approximate surface area is 170 Å². The highest BCUT2D eigenvalue weighted by Crippen LogP contribution is 2.28.